The fraction of sp³-hybridized carbons (Fsp3) is 0. The Kier molecular flexibility index (Phi) is 4.23. The predicted molar refractivity (Wildman–Crippen MR) is 78.5 cm³/mol. The molecule has 0 atom stereocenters. The first-order valence-electron chi connectivity index (χ1n) is 5.19. The predicted octanol–water partition coefficient (Wildman–Crippen LogP) is 4.25. The van der Waals surface area contributed by atoms with Gasteiger partial charge < -0.3 is 5.11 Å². The number of rotatable bonds is 3. The topological polar surface area (TPSA) is 44.6 Å². The maximum Gasteiger partial charge on any atom is 0.124 e. The van der Waals surface area contributed by atoms with Crippen LogP contribution in [0.5, 0.6) is 5.75 Å². The zero-order valence-corrected chi connectivity index (χ0v) is 11.6. The molecule has 0 aliphatic heterocycles. The normalized spacial score (nSPS) is 10.8. The first-order chi connectivity index (χ1) is 8.66. The van der Waals surface area contributed by atoms with Crippen LogP contribution in [-0.2, 0) is 0 Å². The van der Waals surface area contributed by atoms with E-state index >= 15 is 0 Å². The molecule has 5 heteroatoms. The summed E-state index contributed by atoms with van der Waals surface area (Å²) in [4.78, 5) is 0. The van der Waals surface area contributed by atoms with E-state index in [1.54, 1.807) is 24.3 Å². The van der Waals surface area contributed by atoms with Gasteiger partial charge in [-0.15, -0.1) is 0 Å². The summed E-state index contributed by atoms with van der Waals surface area (Å²) in [6.07, 6.45) is 1.53. The van der Waals surface area contributed by atoms with E-state index in [9.17, 15) is 5.11 Å². The number of benzene rings is 2. The molecule has 18 heavy (non-hydrogen) atoms. The molecule has 0 spiro atoms. The molecule has 3 nitrogen and oxygen atoms in total. The number of nitrogens with zero attached hydrogens (tertiary/aromatic N) is 1. The summed E-state index contributed by atoms with van der Waals surface area (Å²) >= 11 is 9.30. The van der Waals surface area contributed by atoms with Crippen molar-refractivity contribution in [2.24, 2.45) is 5.10 Å². The number of halogens is 2. The molecular weight excluding hydrogens is 316 g/mol. The fourth-order valence-corrected chi connectivity index (χ4v) is 1.91. The van der Waals surface area contributed by atoms with Gasteiger partial charge in [-0.05, 0) is 30.3 Å². The molecule has 0 amide bonds. The highest BCUT2D eigenvalue weighted by molar-refractivity contribution is 9.10. The molecule has 0 heterocycles. The van der Waals surface area contributed by atoms with Crippen molar-refractivity contribution >= 4 is 39.4 Å². The van der Waals surface area contributed by atoms with Gasteiger partial charge in [-0.1, -0.05) is 39.7 Å². The molecule has 0 fully saturated rings. The number of phenols is 1. The van der Waals surface area contributed by atoms with Gasteiger partial charge in [0, 0.05) is 10.0 Å². The second-order valence-corrected chi connectivity index (χ2v) is 4.88. The Morgan fingerprint density at radius 2 is 2.00 bits per heavy atom. The Morgan fingerprint density at radius 1 is 1.22 bits per heavy atom. The van der Waals surface area contributed by atoms with Crippen molar-refractivity contribution in [3.05, 3.63) is 57.5 Å². The lowest BCUT2D eigenvalue weighted by molar-refractivity contribution is 0.474. The van der Waals surface area contributed by atoms with Crippen LogP contribution in [0, 0.1) is 0 Å². The van der Waals surface area contributed by atoms with E-state index in [2.05, 4.69) is 26.5 Å². The molecule has 2 N–H and O–H groups in total. The van der Waals surface area contributed by atoms with Crippen LogP contribution in [0.1, 0.15) is 5.56 Å². The van der Waals surface area contributed by atoms with Gasteiger partial charge in [0.05, 0.1) is 16.9 Å². The minimum atomic E-state index is 0.169. The Hall–Kier alpha value is -1.52. The number of phenolic OH excluding ortho intramolecular Hbond substituents is 1. The lowest BCUT2D eigenvalue weighted by Gasteiger charge is -2.02. The molecule has 0 radical (unpaired) electrons. The minimum absolute atomic E-state index is 0.169. The van der Waals surface area contributed by atoms with E-state index in [-0.39, 0.29) is 5.75 Å². The largest absolute Gasteiger partial charge is 0.507 e. The third kappa shape index (κ3) is 3.24. The third-order valence-corrected chi connectivity index (χ3v) is 3.07. The number of hydrogen-bond donors (Lipinski definition) is 2. The molecule has 0 aliphatic carbocycles. The van der Waals surface area contributed by atoms with Gasteiger partial charge in [0.1, 0.15) is 5.75 Å². The maximum atomic E-state index is 9.62. The van der Waals surface area contributed by atoms with Gasteiger partial charge in [0.25, 0.3) is 0 Å². The van der Waals surface area contributed by atoms with Crippen molar-refractivity contribution in [1.29, 1.82) is 0 Å². The lowest BCUT2D eigenvalue weighted by atomic mass is 10.2. The summed E-state index contributed by atoms with van der Waals surface area (Å²) in [7, 11) is 0. The molecule has 0 unspecified atom stereocenters. The maximum absolute atomic E-state index is 9.62. The standard InChI is InChI=1S/C13H10BrClN2O/c14-10-5-6-13(18)9(7-10)8-16-17-12-4-2-1-3-11(12)15/h1-8,17-18H. The highest BCUT2D eigenvalue weighted by Crippen LogP contribution is 2.22. The highest BCUT2D eigenvalue weighted by atomic mass is 79.9. The van der Waals surface area contributed by atoms with Crippen molar-refractivity contribution in [1.82, 2.24) is 0 Å². The number of nitrogens with one attached hydrogen (secondary N) is 1. The average molecular weight is 326 g/mol. The van der Waals surface area contributed by atoms with E-state index in [1.807, 2.05) is 18.2 Å². The van der Waals surface area contributed by atoms with Gasteiger partial charge in [0.15, 0.2) is 0 Å². The van der Waals surface area contributed by atoms with Gasteiger partial charge in [-0.2, -0.15) is 5.10 Å². The van der Waals surface area contributed by atoms with Crippen molar-refractivity contribution in [2.45, 2.75) is 0 Å². The Balaban J connectivity index is 2.12. The van der Waals surface area contributed by atoms with E-state index in [0.29, 0.717) is 16.3 Å². The van der Waals surface area contributed by atoms with Crippen LogP contribution < -0.4 is 5.43 Å². The minimum Gasteiger partial charge on any atom is -0.507 e. The van der Waals surface area contributed by atoms with Crippen LogP contribution in [-0.4, -0.2) is 11.3 Å². The number of para-hydroxylation sites is 1. The van der Waals surface area contributed by atoms with E-state index < -0.39 is 0 Å². The summed E-state index contributed by atoms with van der Waals surface area (Å²) in [5, 5.41) is 14.2. The molecule has 92 valence electrons. The van der Waals surface area contributed by atoms with Crippen molar-refractivity contribution < 1.29 is 5.11 Å². The van der Waals surface area contributed by atoms with Gasteiger partial charge in [0.2, 0.25) is 0 Å². The number of aromatic hydroxyl groups is 1. The zero-order valence-electron chi connectivity index (χ0n) is 9.27. The van der Waals surface area contributed by atoms with Gasteiger partial charge >= 0.3 is 0 Å². The van der Waals surface area contributed by atoms with Crippen LogP contribution >= 0.6 is 27.5 Å². The molecule has 2 aromatic rings. The Bertz CT molecular complexity index is 587. The SMILES string of the molecule is Oc1ccc(Br)cc1C=NNc1ccccc1Cl. The fourth-order valence-electron chi connectivity index (χ4n) is 1.35. The van der Waals surface area contributed by atoms with Gasteiger partial charge in [-0.3, -0.25) is 5.43 Å². The van der Waals surface area contributed by atoms with Crippen LogP contribution in [0.15, 0.2) is 52.0 Å². The van der Waals surface area contributed by atoms with E-state index in [4.69, 9.17) is 11.6 Å². The monoisotopic (exact) mass is 324 g/mol. The molecule has 0 saturated carbocycles. The molecule has 2 aromatic carbocycles. The molecular formula is C13H10BrClN2O. The molecule has 2 rings (SSSR count). The van der Waals surface area contributed by atoms with Crippen LogP contribution in [0.4, 0.5) is 5.69 Å². The van der Waals surface area contributed by atoms with Crippen LogP contribution in [0.25, 0.3) is 0 Å². The summed E-state index contributed by atoms with van der Waals surface area (Å²) < 4.78 is 0.875. The molecule has 0 aliphatic rings. The molecule has 0 saturated heterocycles. The van der Waals surface area contributed by atoms with Crippen molar-refractivity contribution in [3.63, 3.8) is 0 Å². The highest BCUT2D eigenvalue weighted by Gasteiger charge is 1.99. The summed E-state index contributed by atoms with van der Waals surface area (Å²) in [6, 6.07) is 12.4. The quantitative estimate of drug-likeness (QED) is 0.654. The van der Waals surface area contributed by atoms with E-state index in [0.717, 1.165) is 4.47 Å². The van der Waals surface area contributed by atoms with E-state index in [1.165, 1.54) is 6.21 Å². The Morgan fingerprint density at radius 3 is 2.78 bits per heavy atom. The molecule has 0 aromatic heterocycles. The molecule has 0 bridgehead atoms. The zero-order chi connectivity index (χ0) is 13.0. The number of hydrazone groups is 1. The van der Waals surface area contributed by atoms with Crippen LogP contribution in [0.3, 0.4) is 0 Å². The second-order valence-electron chi connectivity index (χ2n) is 3.55. The summed E-state index contributed by atoms with van der Waals surface area (Å²) in [6.45, 7) is 0. The first-order valence-corrected chi connectivity index (χ1v) is 6.36. The second kappa shape index (κ2) is 5.89. The van der Waals surface area contributed by atoms with Crippen LogP contribution in [0.2, 0.25) is 5.02 Å². The van der Waals surface area contributed by atoms with Crippen molar-refractivity contribution in [3.8, 4) is 5.75 Å². The number of anilines is 1. The lowest BCUT2D eigenvalue weighted by Crippen LogP contribution is -1.91. The number of hydrogen-bond acceptors (Lipinski definition) is 3. The first kappa shape index (κ1) is 12.9. The average Bonchev–Trinajstić information content (AvgIpc) is 2.36. The van der Waals surface area contributed by atoms with Gasteiger partial charge in [-0.25, -0.2) is 0 Å². The van der Waals surface area contributed by atoms with Crippen molar-refractivity contribution in [2.75, 3.05) is 5.43 Å². The summed E-state index contributed by atoms with van der Waals surface area (Å²) in [5.41, 5.74) is 4.15. The smallest absolute Gasteiger partial charge is 0.124 e. The third-order valence-electron chi connectivity index (χ3n) is 2.25. The Labute approximate surface area is 118 Å². The summed E-state index contributed by atoms with van der Waals surface area (Å²) in [5.74, 6) is 0.169.